The van der Waals surface area contributed by atoms with Gasteiger partial charge in [-0.3, -0.25) is 4.90 Å². The molecule has 3 heterocycles. The smallest absolute Gasteiger partial charge is 0.184 e. The van der Waals surface area contributed by atoms with Crippen LogP contribution in [0.4, 0.5) is 5.69 Å². The molecule has 4 heteroatoms. The molecule has 0 bridgehead atoms. The van der Waals surface area contributed by atoms with Gasteiger partial charge in [-0.05, 0) is 68.7 Å². The maximum atomic E-state index is 5.77. The number of nitrogens with one attached hydrogen (secondary N) is 1. The van der Waals surface area contributed by atoms with E-state index in [1.165, 1.54) is 62.9 Å². The first kappa shape index (κ1) is 15.8. The Kier molecular flexibility index (Phi) is 3.35. The summed E-state index contributed by atoms with van der Waals surface area (Å²) in [7, 11) is 3.49. The molecule has 1 spiro atoms. The van der Waals surface area contributed by atoms with Gasteiger partial charge in [0.1, 0.15) is 0 Å². The van der Waals surface area contributed by atoms with Crippen molar-refractivity contribution in [3.63, 3.8) is 0 Å². The molecule has 3 fully saturated rings. The Labute approximate surface area is 150 Å². The number of methoxy groups -OCH3 is 2. The zero-order chi connectivity index (χ0) is 17.2. The maximum absolute atomic E-state index is 5.77. The highest BCUT2D eigenvalue weighted by Gasteiger charge is 2.66. The van der Waals surface area contributed by atoms with Gasteiger partial charge < -0.3 is 14.8 Å². The van der Waals surface area contributed by atoms with E-state index in [0.29, 0.717) is 17.5 Å². The molecule has 4 nitrogen and oxygen atoms in total. The van der Waals surface area contributed by atoms with Gasteiger partial charge in [-0.15, -0.1) is 0 Å². The Morgan fingerprint density at radius 1 is 1.16 bits per heavy atom. The lowest BCUT2D eigenvalue weighted by Crippen LogP contribution is -2.63. The van der Waals surface area contributed by atoms with Crippen LogP contribution < -0.4 is 14.8 Å². The van der Waals surface area contributed by atoms with E-state index < -0.39 is 0 Å². The molecular formula is C21H30N2O2. The van der Waals surface area contributed by atoms with Crippen molar-refractivity contribution in [2.45, 2.75) is 62.9 Å². The topological polar surface area (TPSA) is 33.7 Å². The van der Waals surface area contributed by atoms with Gasteiger partial charge in [-0.2, -0.15) is 0 Å². The molecule has 0 unspecified atom stereocenters. The lowest BCUT2D eigenvalue weighted by Gasteiger charge is -2.58. The molecule has 1 aromatic rings. The van der Waals surface area contributed by atoms with Gasteiger partial charge in [0, 0.05) is 17.5 Å². The first-order valence-corrected chi connectivity index (χ1v) is 9.96. The molecule has 0 amide bonds. The van der Waals surface area contributed by atoms with Crippen LogP contribution in [0.1, 0.15) is 51.0 Å². The Morgan fingerprint density at radius 3 is 2.80 bits per heavy atom. The van der Waals surface area contributed by atoms with Gasteiger partial charge in [-0.1, -0.05) is 13.0 Å². The summed E-state index contributed by atoms with van der Waals surface area (Å²) in [5.41, 5.74) is 3.44. The summed E-state index contributed by atoms with van der Waals surface area (Å²) in [5.74, 6) is 1.73. The van der Waals surface area contributed by atoms with E-state index in [0.717, 1.165) is 11.5 Å². The van der Waals surface area contributed by atoms with Crippen LogP contribution in [0, 0.1) is 5.41 Å². The minimum Gasteiger partial charge on any atom is -0.493 e. The molecule has 5 rings (SSSR count). The van der Waals surface area contributed by atoms with Crippen molar-refractivity contribution in [2.24, 2.45) is 5.41 Å². The summed E-state index contributed by atoms with van der Waals surface area (Å²) in [4.78, 5) is 2.83. The van der Waals surface area contributed by atoms with Crippen LogP contribution in [0.15, 0.2) is 12.1 Å². The molecule has 1 aromatic carbocycles. The molecule has 1 N–H and O–H groups in total. The number of nitrogens with zero attached hydrogens (tertiary/aromatic N) is 1. The first-order chi connectivity index (χ1) is 12.2. The van der Waals surface area contributed by atoms with Crippen molar-refractivity contribution in [1.82, 2.24) is 4.90 Å². The molecule has 4 aliphatic rings. The zero-order valence-electron chi connectivity index (χ0n) is 15.7. The van der Waals surface area contributed by atoms with Gasteiger partial charge in [0.15, 0.2) is 11.5 Å². The molecule has 4 atom stereocenters. The van der Waals surface area contributed by atoms with Crippen molar-refractivity contribution in [2.75, 3.05) is 32.6 Å². The molecule has 1 aliphatic carbocycles. The largest absolute Gasteiger partial charge is 0.493 e. The number of piperidine rings is 1. The van der Waals surface area contributed by atoms with Crippen LogP contribution in [0.2, 0.25) is 0 Å². The van der Waals surface area contributed by atoms with E-state index in [1.54, 1.807) is 14.2 Å². The van der Waals surface area contributed by atoms with E-state index in [2.05, 4.69) is 29.3 Å². The van der Waals surface area contributed by atoms with Crippen LogP contribution in [-0.4, -0.2) is 44.3 Å². The second-order valence-corrected chi connectivity index (χ2v) is 8.51. The summed E-state index contributed by atoms with van der Waals surface area (Å²) in [6, 6.07) is 5.66. The fourth-order valence-electron chi connectivity index (χ4n) is 7.03. The predicted molar refractivity (Wildman–Crippen MR) is 99.8 cm³/mol. The lowest BCUT2D eigenvalue weighted by molar-refractivity contribution is -0.0309. The fourth-order valence-corrected chi connectivity index (χ4v) is 7.03. The van der Waals surface area contributed by atoms with Crippen molar-refractivity contribution in [3.05, 3.63) is 17.7 Å². The molecule has 25 heavy (non-hydrogen) atoms. The Hall–Kier alpha value is -1.42. The van der Waals surface area contributed by atoms with Gasteiger partial charge in [0.25, 0.3) is 0 Å². The van der Waals surface area contributed by atoms with Crippen LogP contribution in [0.5, 0.6) is 11.5 Å². The molecule has 2 saturated heterocycles. The first-order valence-electron chi connectivity index (χ1n) is 9.96. The highest BCUT2D eigenvalue weighted by Crippen LogP contribution is 2.65. The standard InChI is InChI=1S/C21H30N2O2/c1-4-20-9-5-12-23-13-11-21(19(20)23)14-6-7-15(24-2)18(25-3)17(14)22-16(21)8-10-20/h6-7,16,19,22H,4-5,8-13H2,1-3H3/t16-,19-,20-,21-/m0/s1. The summed E-state index contributed by atoms with van der Waals surface area (Å²) in [5, 5.41) is 3.89. The van der Waals surface area contributed by atoms with Crippen molar-refractivity contribution < 1.29 is 9.47 Å². The van der Waals surface area contributed by atoms with Gasteiger partial charge in [0.05, 0.1) is 19.9 Å². The highest BCUT2D eigenvalue weighted by molar-refractivity contribution is 5.75. The monoisotopic (exact) mass is 342 g/mol. The summed E-state index contributed by atoms with van der Waals surface area (Å²) in [6.45, 7) is 4.95. The zero-order valence-corrected chi connectivity index (χ0v) is 15.7. The number of hydrogen-bond donors (Lipinski definition) is 1. The van der Waals surface area contributed by atoms with Crippen molar-refractivity contribution in [1.29, 1.82) is 0 Å². The minimum atomic E-state index is 0.254. The number of benzene rings is 1. The second kappa shape index (κ2) is 5.29. The quantitative estimate of drug-likeness (QED) is 0.906. The third-order valence-electron chi connectivity index (χ3n) is 7.99. The third kappa shape index (κ3) is 1.77. The average molecular weight is 342 g/mol. The third-order valence-corrected chi connectivity index (χ3v) is 7.99. The Morgan fingerprint density at radius 2 is 2.04 bits per heavy atom. The lowest BCUT2D eigenvalue weighted by atomic mass is 9.52. The van der Waals surface area contributed by atoms with Crippen LogP contribution in [0.3, 0.4) is 0 Å². The number of anilines is 1. The molecule has 0 radical (unpaired) electrons. The molecule has 1 saturated carbocycles. The Bertz CT molecular complexity index is 705. The van der Waals surface area contributed by atoms with E-state index >= 15 is 0 Å². The molecular weight excluding hydrogens is 312 g/mol. The number of fused-ring (bicyclic) bond motifs is 1. The van der Waals surface area contributed by atoms with Crippen molar-refractivity contribution >= 4 is 5.69 Å². The van der Waals surface area contributed by atoms with Gasteiger partial charge >= 0.3 is 0 Å². The van der Waals surface area contributed by atoms with Crippen LogP contribution in [0.25, 0.3) is 0 Å². The van der Waals surface area contributed by atoms with Crippen LogP contribution in [-0.2, 0) is 5.41 Å². The predicted octanol–water partition coefficient (Wildman–Crippen LogP) is 3.79. The van der Waals surface area contributed by atoms with E-state index in [4.69, 9.17) is 9.47 Å². The SMILES string of the molecule is CC[C@]12CCCN3CC[C@@]4(c5ccc(OC)c(OC)c5N[C@H]4CC1)[C@@H]32. The Balaban J connectivity index is 1.71. The minimum absolute atomic E-state index is 0.254. The highest BCUT2D eigenvalue weighted by atomic mass is 16.5. The molecule has 136 valence electrons. The molecule has 3 aliphatic heterocycles. The second-order valence-electron chi connectivity index (χ2n) is 8.51. The summed E-state index contributed by atoms with van der Waals surface area (Å²) in [6.07, 6.45) is 8.00. The van der Waals surface area contributed by atoms with E-state index in [1.807, 2.05) is 0 Å². The summed E-state index contributed by atoms with van der Waals surface area (Å²) < 4.78 is 11.3. The average Bonchev–Trinajstić information content (AvgIpc) is 3.21. The van der Waals surface area contributed by atoms with Crippen LogP contribution >= 0.6 is 0 Å². The van der Waals surface area contributed by atoms with Gasteiger partial charge in [-0.25, -0.2) is 0 Å². The van der Waals surface area contributed by atoms with Crippen molar-refractivity contribution in [3.8, 4) is 11.5 Å². The maximum Gasteiger partial charge on any atom is 0.184 e. The number of hydrogen-bond acceptors (Lipinski definition) is 4. The molecule has 0 aromatic heterocycles. The van der Waals surface area contributed by atoms with E-state index in [-0.39, 0.29) is 5.41 Å². The number of rotatable bonds is 3. The number of ether oxygens (including phenoxy) is 2. The van der Waals surface area contributed by atoms with Gasteiger partial charge in [0.2, 0.25) is 0 Å². The van der Waals surface area contributed by atoms with E-state index in [9.17, 15) is 0 Å². The normalized spacial score (nSPS) is 38.5. The summed E-state index contributed by atoms with van der Waals surface area (Å²) >= 11 is 0. The fraction of sp³-hybridized carbons (Fsp3) is 0.714.